The Kier molecular flexibility index (Phi) is 5.35. The summed E-state index contributed by atoms with van der Waals surface area (Å²) in [5.41, 5.74) is 1.87. The number of carbonyl (C=O) groups excluding carboxylic acids is 2. The van der Waals surface area contributed by atoms with Crippen LogP contribution in [0.4, 0.5) is 0 Å². The van der Waals surface area contributed by atoms with Crippen molar-refractivity contribution < 1.29 is 9.59 Å². The molecule has 0 unspecified atom stereocenters. The fraction of sp³-hybridized carbons (Fsp3) is 0.520. The highest BCUT2D eigenvalue weighted by molar-refractivity contribution is 5.91. The zero-order valence-electron chi connectivity index (χ0n) is 18.6. The topological polar surface area (TPSA) is 86.4 Å². The first kappa shape index (κ1) is 20.9. The average Bonchev–Trinajstić information content (AvgIpc) is 3.65. The highest BCUT2D eigenvalue weighted by Gasteiger charge is 2.54. The van der Waals surface area contributed by atoms with Gasteiger partial charge in [0.25, 0.3) is 5.56 Å². The van der Waals surface area contributed by atoms with E-state index in [9.17, 15) is 14.4 Å². The Balaban J connectivity index is 1.46. The standard InChI is InChI=1S/C25H30N4O3/c1-2-21(30)28-15-11-18-19(16-28)26-22(27-23(18)31)20-10-6-7-14-29(20)24(32)25(12-13-25)17-8-4-3-5-9-17/h3-5,8-9,20H,2,6-7,10-16H2,1H3,(H,26,27,31)/t20-/m0/s1. The number of aromatic nitrogens is 2. The molecule has 1 N–H and O–H groups in total. The number of benzene rings is 1. The summed E-state index contributed by atoms with van der Waals surface area (Å²) in [5.74, 6) is 0.792. The number of fused-ring (bicyclic) bond motifs is 1. The Morgan fingerprint density at radius 2 is 1.94 bits per heavy atom. The first-order valence-electron chi connectivity index (χ1n) is 11.8. The van der Waals surface area contributed by atoms with Gasteiger partial charge >= 0.3 is 0 Å². The molecule has 0 bridgehead atoms. The molecule has 168 valence electrons. The molecule has 3 aliphatic rings. The summed E-state index contributed by atoms with van der Waals surface area (Å²) in [6.07, 6.45) is 5.43. The minimum absolute atomic E-state index is 0.0762. The number of nitrogens with zero attached hydrogens (tertiary/aromatic N) is 3. The van der Waals surface area contributed by atoms with Crippen LogP contribution in [0.25, 0.3) is 0 Å². The molecule has 7 heteroatoms. The van der Waals surface area contributed by atoms with Gasteiger partial charge in [-0.15, -0.1) is 0 Å². The number of aromatic amines is 1. The first-order valence-corrected chi connectivity index (χ1v) is 11.8. The van der Waals surface area contributed by atoms with E-state index in [0.29, 0.717) is 49.6 Å². The zero-order valence-corrected chi connectivity index (χ0v) is 18.6. The lowest BCUT2D eigenvalue weighted by Crippen LogP contribution is -2.46. The van der Waals surface area contributed by atoms with Crippen LogP contribution in [0.3, 0.4) is 0 Å². The molecule has 1 aromatic heterocycles. The molecule has 2 amide bonds. The molecule has 32 heavy (non-hydrogen) atoms. The molecule has 1 saturated carbocycles. The van der Waals surface area contributed by atoms with E-state index in [0.717, 1.165) is 37.7 Å². The van der Waals surface area contributed by atoms with Gasteiger partial charge in [-0.3, -0.25) is 14.4 Å². The highest BCUT2D eigenvalue weighted by atomic mass is 16.2. The van der Waals surface area contributed by atoms with Crippen LogP contribution in [0.2, 0.25) is 0 Å². The van der Waals surface area contributed by atoms with Gasteiger partial charge in [-0.05, 0) is 44.1 Å². The molecule has 1 aliphatic carbocycles. The number of piperidine rings is 1. The molecule has 0 radical (unpaired) electrons. The van der Waals surface area contributed by atoms with E-state index < -0.39 is 5.41 Å². The monoisotopic (exact) mass is 434 g/mol. The summed E-state index contributed by atoms with van der Waals surface area (Å²) in [7, 11) is 0. The molecule has 7 nitrogen and oxygen atoms in total. The van der Waals surface area contributed by atoms with Crippen LogP contribution in [0.15, 0.2) is 35.1 Å². The number of hydrogen-bond acceptors (Lipinski definition) is 4. The van der Waals surface area contributed by atoms with Crippen molar-refractivity contribution >= 4 is 11.8 Å². The minimum Gasteiger partial charge on any atom is -0.336 e. The van der Waals surface area contributed by atoms with Crippen LogP contribution in [0, 0.1) is 0 Å². The third kappa shape index (κ3) is 3.53. The van der Waals surface area contributed by atoms with Gasteiger partial charge < -0.3 is 14.8 Å². The zero-order chi connectivity index (χ0) is 22.3. The fourth-order valence-corrected chi connectivity index (χ4v) is 5.30. The lowest BCUT2D eigenvalue weighted by molar-refractivity contribution is -0.138. The average molecular weight is 435 g/mol. The van der Waals surface area contributed by atoms with E-state index in [2.05, 4.69) is 4.98 Å². The van der Waals surface area contributed by atoms with Crippen molar-refractivity contribution in [2.45, 2.75) is 69.9 Å². The largest absolute Gasteiger partial charge is 0.336 e. The molecular formula is C25H30N4O3. The van der Waals surface area contributed by atoms with Crippen LogP contribution in [-0.2, 0) is 28.0 Å². The molecule has 5 rings (SSSR count). The maximum absolute atomic E-state index is 13.8. The molecular weight excluding hydrogens is 404 g/mol. The molecule has 1 saturated heterocycles. The second-order valence-electron chi connectivity index (χ2n) is 9.25. The lowest BCUT2D eigenvalue weighted by Gasteiger charge is -2.38. The number of amides is 2. The van der Waals surface area contributed by atoms with Crippen molar-refractivity contribution in [2.75, 3.05) is 13.1 Å². The second-order valence-corrected chi connectivity index (χ2v) is 9.25. The fourth-order valence-electron chi connectivity index (χ4n) is 5.30. The van der Waals surface area contributed by atoms with Crippen LogP contribution in [0.1, 0.15) is 74.1 Å². The van der Waals surface area contributed by atoms with Gasteiger partial charge in [0.2, 0.25) is 11.8 Å². The van der Waals surface area contributed by atoms with Crippen molar-refractivity contribution in [3.63, 3.8) is 0 Å². The SMILES string of the molecule is CCC(=O)N1CCc2c(nc([C@@H]3CCCCN3C(=O)C3(c4ccccc4)CC3)[nH]c2=O)C1. The van der Waals surface area contributed by atoms with Crippen LogP contribution in [0.5, 0.6) is 0 Å². The number of H-pyrrole nitrogens is 1. The normalized spacial score (nSPS) is 21.7. The summed E-state index contributed by atoms with van der Waals surface area (Å²) in [4.78, 5) is 50.4. The molecule has 1 aromatic carbocycles. The quantitative estimate of drug-likeness (QED) is 0.802. The Morgan fingerprint density at radius 3 is 2.66 bits per heavy atom. The Labute approximate surface area is 187 Å². The van der Waals surface area contributed by atoms with Gasteiger partial charge in [-0.1, -0.05) is 37.3 Å². The van der Waals surface area contributed by atoms with Crippen molar-refractivity contribution in [3.8, 4) is 0 Å². The molecule has 2 fully saturated rings. The maximum Gasteiger partial charge on any atom is 0.254 e. The van der Waals surface area contributed by atoms with Gasteiger partial charge in [-0.2, -0.15) is 0 Å². The molecule has 0 spiro atoms. The van der Waals surface area contributed by atoms with Crippen molar-refractivity contribution in [2.24, 2.45) is 0 Å². The van der Waals surface area contributed by atoms with E-state index in [1.54, 1.807) is 4.90 Å². The maximum atomic E-state index is 13.8. The number of rotatable bonds is 4. The van der Waals surface area contributed by atoms with Crippen LogP contribution < -0.4 is 5.56 Å². The minimum atomic E-state index is -0.435. The van der Waals surface area contributed by atoms with E-state index in [-0.39, 0.29) is 23.4 Å². The van der Waals surface area contributed by atoms with Gasteiger partial charge in [-0.25, -0.2) is 4.98 Å². The Hall–Kier alpha value is -2.96. The number of likely N-dealkylation sites (tertiary alicyclic amines) is 1. The third-order valence-corrected chi connectivity index (χ3v) is 7.31. The third-order valence-electron chi connectivity index (χ3n) is 7.31. The van der Waals surface area contributed by atoms with Gasteiger partial charge in [0.15, 0.2) is 0 Å². The lowest BCUT2D eigenvalue weighted by atomic mass is 9.91. The summed E-state index contributed by atoms with van der Waals surface area (Å²) in [5, 5.41) is 0. The number of nitrogens with one attached hydrogen (secondary N) is 1. The van der Waals surface area contributed by atoms with Gasteiger partial charge in [0, 0.05) is 25.1 Å². The predicted octanol–water partition coefficient (Wildman–Crippen LogP) is 2.85. The van der Waals surface area contributed by atoms with E-state index in [1.165, 1.54) is 0 Å². The van der Waals surface area contributed by atoms with Crippen LogP contribution >= 0.6 is 0 Å². The Morgan fingerprint density at radius 1 is 1.16 bits per heavy atom. The molecule has 3 heterocycles. The smallest absolute Gasteiger partial charge is 0.254 e. The summed E-state index contributed by atoms with van der Waals surface area (Å²) < 4.78 is 0. The van der Waals surface area contributed by atoms with Crippen LogP contribution in [-0.4, -0.2) is 44.7 Å². The number of hydrogen-bond donors (Lipinski definition) is 1. The summed E-state index contributed by atoms with van der Waals surface area (Å²) in [6, 6.07) is 9.81. The first-order chi connectivity index (χ1) is 15.5. The van der Waals surface area contributed by atoms with E-state index in [1.807, 2.05) is 42.2 Å². The number of carbonyl (C=O) groups is 2. The summed E-state index contributed by atoms with van der Waals surface area (Å²) in [6.45, 7) is 3.45. The van der Waals surface area contributed by atoms with Crippen molar-refractivity contribution in [1.29, 1.82) is 0 Å². The van der Waals surface area contributed by atoms with Crippen molar-refractivity contribution in [3.05, 3.63) is 63.3 Å². The van der Waals surface area contributed by atoms with E-state index >= 15 is 0 Å². The van der Waals surface area contributed by atoms with E-state index in [4.69, 9.17) is 4.98 Å². The van der Waals surface area contributed by atoms with Crippen molar-refractivity contribution in [1.82, 2.24) is 19.8 Å². The summed E-state index contributed by atoms with van der Waals surface area (Å²) >= 11 is 0. The second kappa shape index (κ2) is 8.19. The Bertz CT molecular complexity index is 1090. The molecule has 2 aliphatic heterocycles. The highest BCUT2D eigenvalue weighted by Crippen LogP contribution is 2.51. The van der Waals surface area contributed by atoms with Gasteiger partial charge in [0.1, 0.15) is 5.82 Å². The molecule has 1 atom stereocenters. The van der Waals surface area contributed by atoms with Gasteiger partial charge in [0.05, 0.1) is 23.7 Å². The predicted molar refractivity (Wildman–Crippen MR) is 120 cm³/mol. The molecule has 2 aromatic rings.